The Morgan fingerprint density at radius 3 is 2.55 bits per heavy atom. The summed E-state index contributed by atoms with van der Waals surface area (Å²) in [6.07, 6.45) is 7.99. The fraction of sp³-hybridized carbons (Fsp3) is 0.273. The lowest BCUT2D eigenvalue weighted by Crippen LogP contribution is -2.42. The van der Waals surface area contributed by atoms with Gasteiger partial charge in [-0.15, -0.1) is 0 Å². The molecule has 5 N–H and O–H groups in total. The normalized spacial score (nSPS) is 14.3. The molecular weight excluding hydrogens is 465 g/mol. The first-order valence-electron chi connectivity index (χ1n) is 10.3. The zero-order valence-corrected chi connectivity index (χ0v) is 19.2. The molecule has 9 nitrogen and oxygen atoms in total. The van der Waals surface area contributed by atoms with Gasteiger partial charge in [-0.1, -0.05) is 23.2 Å². The lowest BCUT2D eigenvalue weighted by Gasteiger charge is -2.30. The lowest BCUT2D eigenvalue weighted by atomic mass is 10.0. The third kappa shape index (κ3) is 5.04. The van der Waals surface area contributed by atoms with Gasteiger partial charge in [-0.2, -0.15) is 5.10 Å². The van der Waals surface area contributed by atoms with Crippen LogP contribution in [0.5, 0.6) is 5.75 Å². The molecule has 0 spiro atoms. The molecule has 1 aliphatic rings. The molecule has 0 aliphatic carbocycles. The third-order valence-electron chi connectivity index (χ3n) is 5.67. The molecule has 1 aliphatic heterocycles. The van der Waals surface area contributed by atoms with Crippen LogP contribution in [0.1, 0.15) is 35.6 Å². The van der Waals surface area contributed by atoms with Crippen molar-refractivity contribution in [1.82, 2.24) is 19.7 Å². The summed E-state index contributed by atoms with van der Waals surface area (Å²) in [5.74, 6) is 0.527. The predicted octanol–water partition coefficient (Wildman–Crippen LogP) is 3.88. The summed E-state index contributed by atoms with van der Waals surface area (Å²) < 4.78 is 7.69. The molecule has 1 aromatic carbocycles. The molecule has 3 aromatic rings. The smallest absolute Gasteiger partial charge is 0.314 e. The number of anilines is 1. The molecule has 0 atom stereocenters. The fourth-order valence-corrected chi connectivity index (χ4v) is 4.22. The Labute approximate surface area is 200 Å². The molecule has 1 saturated heterocycles. The molecule has 33 heavy (non-hydrogen) atoms. The number of likely N-dealkylation sites (tertiary alicyclic amines) is 1. The van der Waals surface area contributed by atoms with E-state index in [4.69, 9.17) is 44.8 Å². The molecule has 11 heteroatoms. The number of hydrogen-bond acceptors (Lipinski definition) is 6. The van der Waals surface area contributed by atoms with Crippen LogP contribution in [0.15, 0.2) is 43.0 Å². The van der Waals surface area contributed by atoms with Gasteiger partial charge in [-0.3, -0.25) is 15.1 Å². The van der Waals surface area contributed by atoms with Gasteiger partial charge in [0.05, 0.1) is 28.0 Å². The largest absolute Gasteiger partial charge is 0.489 e. The van der Waals surface area contributed by atoms with Gasteiger partial charge in [-0.05, 0) is 31.0 Å². The number of nitrogens with one attached hydrogen (secondary N) is 1. The quantitative estimate of drug-likeness (QED) is 0.357. The minimum atomic E-state index is -0.401. The number of carbonyl (C=O) groups excluding carboxylic acids is 1. The van der Waals surface area contributed by atoms with Crippen molar-refractivity contribution >= 4 is 40.6 Å². The Bertz CT molecular complexity index is 1170. The van der Waals surface area contributed by atoms with Crippen LogP contribution >= 0.6 is 23.2 Å². The van der Waals surface area contributed by atoms with E-state index in [1.807, 2.05) is 10.9 Å². The molecule has 0 bridgehead atoms. The number of ether oxygens (including phenoxy) is 1. The van der Waals surface area contributed by atoms with E-state index < -0.39 is 6.03 Å². The number of nitrogens with two attached hydrogens (primary N) is 2. The number of carbonyl (C=O) groups is 1. The van der Waals surface area contributed by atoms with Gasteiger partial charge in [0.25, 0.3) is 0 Å². The van der Waals surface area contributed by atoms with Crippen molar-refractivity contribution in [2.45, 2.75) is 25.5 Å². The Kier molecular flexibility index (Phi) is 6.71. The summed E-state index contributed by atoms with van der Waals surface area (Å²) in [6, 6.07) is 4.87. The summed E-state index contributed by atoms with van der Waals surface area (Å²) in [5, 5.41) is 14.0. The second-order valence-electron chi connectivity index (χ2n) is 7.76. The average Bonchev–Trinajstić information content (AvgIpc) is 3.30. The number of pyridine rings is 1. The van der Waals surface area contributed by atoms with Gasteiger partial charge in [0.2, 0.25) is 0 Å². The van der Waals surface area contributed by atoms with E-state index >= 15 is 0 Å². The van der Waals surface area contributed by atoms with Crippen LogP contribution in [-0.4, -0.2) is 44.5 Å². The van der Waals surface area contributed by atoms with Gasteiger partial charge in [-0.25, -0.2) is 4.79 Å². The van der Waals surface area contributed by atoms with E-state index in [2.05, 4.69) is 10.1 Å². The Balaban J connectivity index is 1.47. The van der Waals surface area contributed by atoms with E-state index in [1.165, 1.54) is 12.4 Å². The van der Waals surface area contributed by atoms with E-state index in [0.717, 1.165) is 12.8 Å². The molecule has 0 saturated carbocycles. The summed E-state index contributed by atoms with van der Waals surface area (Å²) in [5.41, 5.74) is 14.0. The monoisotopic (exact) mass is 487 g/mol. The van der Waals surface area contributed by atoms with Crippen LogP contribution in [0.2, 0.25) is 10.0 Å². The van der Waals surface area contributed by atoms with Crippen molar-refractivity contribution in [3.63, 3.8) is 0 Å². The van der Waals surface area contributed by atoms with E-state index in [1.54, 1.807) is 29.3 Å². The van der Waals surface area contributed by atoms with Gasteiger partial charge in [0.1, 0.15) is 12.4 Å². The van der Waals surface area contributed by atoms with E-state index in [-0.39, 0.29) is 18.4 Å². The van der Waals surface area contributed by atoms with Crippen molar-refractivity contribution in [3.05, 3.63) is 69.7 Å². The molecule has 0 radical (unpaired) electrons. The molecule has 0 unspecified atom stereocenters. The van der Waals surface area contributed by atoms with E-state index in [9.17, 15) is 4.79 Å². The first-order chi connectivity index (χ1) is 15.8. The zero-order valence-electron chi connectivity index (χ0n) is 17.7. The highest BCUT2D eigenvalue weighted by molar-refractivity contribution is 6.35. The number of rotatable bonds is 6. The highest BCUT2D eigenvalue weighted by Gasteiger charge is 2.23. The van der Waals surface area contributed by atoms with Crippen molar-refractivity contribution < 1.29 is 9.53 Å². The minimum absolute atomic E-state index is 0.143. The van der Waals surface area contributed by atoms with Crippen LogP contribution in [0.4, 0.5) is 10.5 Å². The average molecular weight is 488 g/mol. The van der Waals surface area contributed by atoms with Gasteiger partial charge in [0, 0.05) is 54.1 Å². The second kappa shape index (κ2) is 9.68. The highest BCUT2D eigenvalue weighted by atomic mass is 35.5. The standard InChI is InChI=1S/C22H23Cl2N7O2/c23-18-9-28-10-19(24)17(18)12-33-15-1-2-20(25)16(7-15)21(26)13-8-29-31(11-13)14-3-5-30(6-4-14)22(27)32/h1-2,7-11,14,26H,3-6,12,25H2,(H2,27,32). The number of amides is 2. The van der Waals surface area contributed by atoms with Gasteiger partial charge < -0.3 is 21.1 Å². The first kappa shape index (κ1) is 22.9. The first-order valence-corrected chi connectivity index (χ1v) is 11.1. The summed E-state index contributed by atoms with van der Waals surface area (Å²) >= 11 is 12.3. The number of piperidine rings is 1. The SMILES string of the molecule is N=C(c1cnn(C2CCN(C(N)=O)CC2)c1)c1cc(OCc2c(Cl)cncc2Cl)ccc1N. The topological polar surface area (TPSA) is 136 Å². The molecule has 4 rings (SSSR count). The number of benzene rings is 1. The Morgan fingerprint density at radius 1 is 1.18 bits per heavy atom. The third-order valence-corrected chi connectivity index (χ3v) is 6.32. The summed E-state index contributed by atoms with van der Waals surface area (Å²) in [6.45, 7) is 1.33. The van der Waals surface area contributed by atoms with Crippen LogP contribution in [0.25, 0.3) is 0 Å². The van der Waals surface area contributed by atoms with Crippen molar-refractivity contribution in [2.24, 2.45) is 5.73 Å². The van der Waals surface area contributed by atoms with Crippen LogP contribution < -0.4 is 16.2 Å². The summed E-state index contributed by atoms with van der Waals surface area (Å²) in [4.78, 5) is 16.9. The lowest BCUT2D eigenvalue weighted by molar-refractivity contribution is 0.177. The number of hydrogen-bond donors (Lipinski definition) is 3. The predicted molar refractivity (Wildman–Crippen MR) is 127 cm³/mol. The van der Waals surface area contributed by atoms with Crippen LogP contribution in [0.3, 0.4) is 0 Å². The molecule has 2 aromatic heterocycles. The van der Waals surface area contributed by atoms with Crippen LogP contribution in [-0.2, 0) is 6.61 Å². The molecule has 2 amide bonds. The Morgan fingerprint density at radius 2 is 1.88 bits per heavy atom. The number of urea groups is 1. The zero-order chi connectivity index (χ0) is 23.5. The maximum Gasteiger partial charge on any atom is 0.314 e. The van der Waals surface area contributed by atoms with Crippen molar-refractivity contribution in [2.75, 3.05) is 18.8 Å². The van der Waals surface area contributed by atoms with E-state index in [0.29, 0.717) is 51.3 Å². The Hall–Kier alpha value is -3.30. The van der Waals surface area contributed by atoms with Crippen molar-refractivity contribution in [3.8, 4) is 5.75 Å². The van der Waals surface area contributed by atoms with Crippen LogP contribution in [0, 0.1) is 5.41 Å². The molecule has 3 heterocycles. The molecular formula is C22H23Cl2N7O2. The maximum atomic E-state index is 11.3. The number of halogens is 2. The second-order valence-corrected chi connectivity index (χ2v) is 8.57. The number of aromatic nitrogens is 3. The number of nitrogen functional groups attached to an aromatic ring is 1. The minimum Gasteiger partial charge on any atom is -0.489 e. The van der Waals surface area contributed by atoms with Crippen molar-refractivity contribution in [1.29, 1.82) is 5.41 Å². The number of primary amides is 1. The molecule has 172 valence electrons. The summed E-state index contributed by atoms with van der Waals surface area (Å²) in [7, 11) is 0. The van der Waals surface area contributed by atoms with Gasteiger partial charge >= 0.3 is 6.03 Å². The van der Waals surface area contributed by atoms with Gasteiger partial charge in [0.15, 0.2) is 0 Å². The molecule has 1 fully saturated rings. The maximum absolute atomic E-state index is 11.3. The number of nitrogens with zero attached hydrogens (tertiary/aromatic N) is 4. The fourth-order valence-electron chi connectivity index (χ4n) is 3.75. The highest BCUT2D eigenvalue weighted by Crippen LogP contribution is 2.28.